The molecule has 1 aliphatic carbocycles. The fourth-order valence-electron chi connectivity index (χ4n) is 3.76. The third-order valence-electron chi connectivity index (χ3n) is 5.20. The molecule has 0 bridgehead atoms. The summed E-state index contributed by atoms with van der Waals surface area (Å²) < 4.78 is 27.8. The molecule has 0 N–H and O–H groups in total. The van der Waals surface area contributed by atoms with Gasteiger partial charge in [0, 0.05) is 25.6 Å². The van der Waals surface area contributed by atoms with Crippen molar-refractivity contribution in [3.05, 3.63) is 11.6 Å². The van der Waals surface area contributed by atoms with Crippen LogP contribution in [0.2, 0.25) is 0 Å². The highest BCUT2D eigenvalue weighted by molar-refractivity contribution is 7.88. The molecule has 1 atom stereocenters. The van der Waals surface area contributed by atoms with Crippen molar-refractivity contribution in [2.45, 2.75) is 51.2 Å². The van der Waals surface area contributed by atoms with Crippen LogP contribution in [0.4, 0.5) is 0 Å². The highest BCUT2D eigenvalue weighted by Gasteiger charge is 2.38. The van der Waals surface area contributed by atoms with Gasteiger partial charge < -0.3 is 9.47 Å². The summed E-state index contributed by atoms with van der Waals surface area (Å²) in [4.78, 5) is 14.1. The number of rotatable bonds is 3. The predicted molar refractivity (Wildman–Crippen MR) is 86.3 cm³/mol. The lowest BCUT2D eigenvalue weighted by Gasteiger charge is -2.34. The average molecular weight is 353 g/mol. The van der Waals surface area contributed by atoms with E-state index in [2.05, 4.69) is 10.2 Å². The van der Waals surface area contributed by atoms with Crippen molar-refractivity contribution >= 4 is 15.9 Å². The zero-order chi connectivity index (χ0) is 16.9. The van der Waals surface area contributed by atoms with E-state index in [1.165, 1.54) is 6.26 Å². The van der Waals surface area contributed by atoms with Gasteiger partial charge in [-0.15, -0.1) is 10.2 Å². The largest absolute Gasteiger partial charge is 0.333 e. The molecule has 0 aromatic carbocycles. The summed E-state index contributed by atoms with van der Waals surface area (Å²) >= 11 is 0. The number of amides is 1. The molecule has 2 fully saturated rings. The minimum Gasteiger partial charge on any atom is -0.333 e. The molecular formula is C15H23N5O3S. The topological polar surface area (TPSA) is 88.4 Å². The first kappa shape index (κ1) is 16.0. The van der Waals surface area contributed by atoms with E-state index in [1.807, 2.05) is 9.47 Å². The Balaban J connectivity index is 1.59. The third kappa shape index (κ3) is 2.83. The van der Waals surface area contributed by atoms with E-state index in [1.54, 1.807) is 4.31 Å². The number of hydrogen-bond acceptors (Lipinski definition) is 5. The zero-order valence-corrected chi connectivity index (χ0v) is 14.7. The molecule has 24 heavy (non-hydrogen) atoms. The summed E-state index contributed by atoms with van der Waals surface area (Å²) in [6.45, 7) is 2.31. The van der Waals surface area contributed by atoms with Crippen LogP contribution in [0.3, 0.4) is 0 Å². The van der Waals surface area contributed by atoms with Crippen LogP contribution in [0.15, 0.2) is 0 Å². The Morgan fingerprint density at radius 2 is 1.88 bits per heavy atom. The van der Waals surface area contributed by atoms with Gasteiger partial charge in [0.25, 0.3) is 0 Å². The summed E-state index contributed by atoms with van der Waals surface area (Å²) in [6, 6.07) is -0.235. The second kappa shape index (κ2) is 5.80. The van der Waals surface area contributed by atoms with Crippen molar-refractivity contribution in [2.75, 3.05) is 19.3 Å². The monoisotopic (exact) mass is 353 g/mol. The quantitative estimate of drug-likeness (QED) is 0.790. The Bertz CT molecular complexity index is 755. The number of piperidine rings is 1. The summed E-state index contributed by atoms with van der Waals surface area (Å²) in [5, 5.41) is 8.57. The van der Waals surface area contributed by atoms with Crippen molar-refractivity contribution in [2.24, 2.45) is 5.92 Å². The van der Waals surface area contributed by atoms with E-state index in [0.29, 0.717) is 26.2 Å². The van der Waals surface area contributed by atoms with Gasteiger partial charge >= 0.3 is 0 Å². The number of fused-ring (bicyclic) bond motifs is 1. The SMILES string of the molecule is CS(=O)(=O)N1CCCCC1c1nnc2n1CCN(C(=O)C1CC1)C2. The van der Waals surface area contributed by atoms with Crippen LogP contribution in [-0.4, -0.2) is 57.6 Å². The van der Waals surface area contributed by atoms with Crippen molar-refractivity contribution in [3.8, 4) is 0 Å². The summed E-state index contributed by atoms with van der Waals surface area (Å²) in [5.41, 5.74) is 0. The maximum Gasteiger partial charge on any atom is 0.226 e. The lowest BCUT2D eigenvalue weighted by atomic mass is 10.0. The first-order chi connectivity index (χ1) is 11.4. The van der Waals surface area contributed by atoms with Gasteiger partial charge in [-0.1, -0.05) is 6.42 Å². The van der Waals surface area contributed by atoms with E-state index >= 15 is 0 Å². The number of sulfonamides is 1. The van der Waals surface area contributed by atoms with E-state index in [9.17, 15) is 13.2 Å². The first-order valence-electron chi connectivity index (χ1n) is 8.63. The van der Waals surface area contributed by atoms with Crippen molar-refractivity contribution in [1.29, 1.82) is 0 Å². The lowest BCUT2D eigenvalue weighted by molar-refractivity contribution is -0.134. The van der Waals surface area contributed by atoms with Gasteiger partial charge in [0.1, 0.15) is 0 Å². The van der Waals surface area contributed by atoms with Crippen LogP contribution in [0, 0.1) is 5.92 Å². The molecule has 1 saturated heterocycles. The highest BCUT2D eigenvalue weighted by Crippen LogP contribution is 2.34. The fraction of sp³-hybridized carbons (Fsp3) is 0.800. The van der Waals surface area contributed by atoms with Crippen LogP contribution >= 0.6 is 0 Å². The summed E-state index contributed by atoms with van der Waals surface area (Å²) in [6.07, 6.45) is 5.90. The molecule has 1 amide bonds. The molecule has 3 aliphatic rings. The molecule has 8 nitrogen and oxygen atoms in total. The van der Waals surface area contributed by atoms with E-state index in [0.717, 1.165) is 43.8 Å². The van der Waals surface area contributed by atoms with E-state index in [-0.39, 0.29) is 17.9 Å². The minimum atomic E-state index is -3.27. The van der Waals surface area contributed by atoms with Gasteiger partial charge in [-0.3, -0.25) is 4.79 Å². The molecule has 1 saturated carbocycles. The Morgan fingerprint density at radius 3 is 2.58 bits per heavy atom. The average Bonchev–Trinajstić information content (AvgIpc) is 3.32. The number of nitrogens with zero attached hydrogens (tertiary/aromatic N) is 5. The fourth-order valence-corrected chi connectivity index (χ4v) is 4.89. The maximum absolute atomic E-state index is 12.2. The Hall–Kier alpha value is -1.48. The molecule has 3 heterocycles. The zero-order valence-electron chi connectivity index (χ0n) is 13.9. The molecule has 1 aromatic heterocycles. The molecule has 1 aromatic rings. The number of aromatic nitrogens is 3. The number of carbonyl (C=O) groups excluding carboxylic acids is 1. The van der Waals surface area contributed by atoms with Crippen LogP contribution in [0.25, 0.3) is 0 Å². The molecule has 0 radical (unpaired) electrons. The number of hydrogen-bond donors (Lipinski definition) is 0. The lowest BCUT2D eigenvalue weighted by Crippen LogP contribution is -2.42. The summed E-state index contributed by atoms with van der Waals surface area (Å²) in [5.74, 6) is 1.93. The Labute approximate surface area is 141 Å². The molecular weight excluding hydrogens is 330 g/mol. The van der Waals surface area contributed by atoms with Gasteiger partial charge in [0.05, 0.1) is 18.8 Å². The molecule has 1 unspecified atom stereocenters. The van der Waals surface area contributed by atoms with Crippen molar-refractivity contribution in [3.63, 3.8) is 0 Å². The highest BCUT2D eigenvalue weighted by atomic mass is 32.2. The van der Waals surface area contributed by atoms with Gasteiger partial charge in [-0.25, -0.2) is 8.42 Å². The predicted octanol–water partition coefficient (Wildman–Crippen LogP) is 0.517. The molecule has 4 rings (SSSR count). The summed E-state index contributed by atoms with van der Waals surface area (Å²) in [7, 11) is -3.27. The Kier molecular flexibility index (Phi) is 3.87. The third-order valence-corrected chi connectivity index (χ3v) is 6.49. The van der Waals surface area contributed by atoms with Crippen LogP contribution in [0.5, 0.6) is 0 Å². The van der Waals surface area contributed by atoms with Crippen LogP contribution in [-0.2, 0) is 27.9 Å². The van der Waals surface area contributed by atoms with Gasteiger partial charge in [-0.2, -0.15) is 4.31 Å². The van der Waals surface area contributed by atoms with Gasteiger partial charge in [0.15, 0.2) is 11.6 Å². The smallest absolute Gasteiger partial charge is 0.226 e. The van der Waals surface area contributed by atoms with Crippen LogP contribution in [0.1, 0.15) is 49.8 Å². The minimum absolute atomic E-state index is 0.206. The van der Waals surface area contributed by atoms with Crippen molar-refractivity contribution < 1.29 is 13.2 Å². The van der Waals surface area contributed by atoms with Gasteiger partial charge in [-0.05, 0) is 25.7 Å². The molecule has 9 heteroatoms. The van der Waals surface area contributed by atoms with Crippen molar-refractivity contribution in [1.82, 2.24) is 24.0 Å². The first-order valence-corrected chi connectivity index (χ1v) is 10.5. The normalized spacial score (nSPS) is 25.5. The standard InChI is InChI=1S/C15H23N5O3S/c1-24(22,23)20-7-3-2-4-12(20)14-17-16-13-10-18(8-9-19(13)14)15(21)11-5-6-11/h11-12H,2-10H2,1H3. The maximum atomic E-state index is 12.2. The Morgan fingerprint density at radius 1 is 1.08 bits per heavy atom. The van der Waals surface area contributed by atoms with Crippen LogP contribution < -0.4 is 0 Å². The van der Waals surface area contributed by atoms with E-state index < -0.39 is 10.0 Å². The molecule has 2 aliphatic heterocycles. The molecule has 132 valence electrons. The number of carbonyl (C=O) groups is 1. The second-order valence-electron chi connectivity index (χ2n) is 7.05. The van der Waals surface area contributed by atoms with E-state index in [4.69, 9.17) is 0 Å². The molecule has 0 spiro atoms. The van der Waals surface area contributed by atoms with Gasteiger partial charge in [0.2, 0.25) is 15.9 Å². The second-order valence-corrected chi connectivity index (χ2v) is 8.98.